The largest absolute Gasteiger partial charge is 0.463 e. The number of nitrogens with zero attached hydrogens (tertiary/aromatic N) is 2. The van der Waals surface area contributed by atoms with E-state index in [1.54, 1.807) is 36.5 Å². The number of furan rings is 1. The number of hydrogen-bond acceptors (Lipinski definition) is 6. The van der Waals surface area contributed by atoms with Gasteiger partial charge in [-0.3, -0.25) is 14.6 Å². The zero-order valence-electron chi connectivity index (χ0n) is 12.6. The van der Waals surface area contributed by atoms with Crippen molar-refractivity contribution in [1.82, 2.24) is 9.97 Å². The maximum absolute atomic E-state index is 12.8. The van der Waals surface area contributed by atoms with Crippen LogP contribution in [0.5, 0.6) is 0 Å². The first-order valence-electron chi connectivity index (χ1n) is 7.53. The summed E-state index contributed by atoms with van der Waals surface area (Å²) < 4.78 is 5.38. The van der Waals surface area contributed by atoms with Gasteiger partial charge in [-0.05, 0) is 37.1 Å². The van der Waals surface area contributed by atoms with Gasteiger partial charge in [0.2, 0.25) is 11.7 Å². The molecule has 7 heteroatoms. The fourth-order valence-corrected chi connectivity index (χ4v) is 3.20. The molecule has 1 fully saturated rings. The monoisotopic (exact) mass is 339 g/mol. The van der Waals surface area contributed by atoms with E-state index in [4.69, 9.17) is 4.42 Å². The molecule has 0 saturated heterocycles. The Morgan fingerprint density at radius 2 is 2.08 bits per heavy atom. The van der Waals surface area contributed by atoms with Crippen molar-refractivity contribution >= 4 is 28.2 Å². The van der Waals surface area contributed by atoms with E-state index in [1.807, 2.05) is 0 Å². The molecule has 1 saturated carbocycles. The third-order valence-corrected chi connectivity index (χ3v) is 4.63. The van der Waals surface area contributed by atoms with Crippen LogP contribution in [0.2, 0.25) is 0 Å². The minimum absolute atomic E-state index is 0.0495. The molecule has 4 rings (SSSR count). The first-order valence-corrected chi connectivity index (χ1v) is 8.35. The summed E-state index contributed by atoms with van der Waals surface area (Å²) >= 11 is 1.14. The molecule has 0 aliphatic heterocycles. The van der Waals surface area contributed by atoms with Crippen LogP contribution in [0.15, 0.2) is 47.2 Å². The average molecular weight is 339 g/mol. The normalized spacial score (nSPS) is 13.7. The summed E-state index contributed by atoms with van der Waals surface area (Å²) in [5, 5.41) is 3.19. The molecule has 1 aliphatic rings. The fourth-order valence-electron chi connectivity index (χ4n) is 2.27. The average Bonchev–Trinajstić information content (AvgIpc) is 3.16. The van der Waals surface area contributed by atoms with E-state index in [1.165, 1.54) is 6.26 Å². The molecule has 0 radical (unpaired) electrons. The van der Waals surface area contributed by atoms with Crippen LogP contribution in [0.25, 0.3) is 11.5 Å². The third kappa shape index (κ3) is 2.85. The number of amides is 1. The number of pyridine rings is 1. The molecular weight excluding hydrogens is 326 g/mol. The SMILES string of the molecule is O=C(c1ccccn1)c1sc(NC(=O)C2CC2)nc1-c1ccco1. The van der Waals surface area contributed by atoms with Gasteiger partial charge in [0.1, 0.15) is 16.3 Å². The summed E-state index contributed by atoms with van der Waals surface area (Å²) in [6.07, 6.45) is 4.90. The molecule has 3 aromatic heterocycles. The van der Waals surface area contributed by atoms with Gasteiger partial charge in [0.25, 0.3) is 0 Å². The molecule has 1 amide bonds. The maximum atomic E-state index is 12.8. The molecule has 6 nitrogen and oxygen atoms in total. The Labute approximate surface area is 141 Å². The highest BCUT2D eigenvalue weighted by Crippen LogP contribution is 2.35. The van der Waals surface area contributed by atoms with Gasteiger partial charge < -0.3 is 9.73 Å². The van der Waals surface area contributed by atoms with Crippen LogP contribution in [0.1, 0.15) is 28.2 Å². The van der Waals surface area contributed by atoms with Crippen LogP contribution in [0.4, 0.5) is 5.13 Å². The number of nitrogens with one attached hydrogen (secondary N) is 1. The van der Waals surface area contributed by atoms with E-state index >= 15 is 0 Å². The zero-order valence-corrected chi connectivity index (χ0v) is 13.4. The predicted molar refractivity (Wildman–Crippen MR) is 88.8 cm³/mol. The van der Waals surface area contributed by atoms with Crippen LogP contribution in [0.3, 0.4) is 0 Å². The van der Waals surface area contributed by atoms with Gasteiger partial charge in [-0.15, -0.1) is 0 Å². The van der Waals surface area contributed by atoms with Gasteiger partial charge in [0.15, 0.2) is 10.9 Å². The van der Waals surface area contributed by atoms with Crippen LogP contribution >= 0.6 is 11.3 Å². The molecule has 0 unspecified atom stereocenters. The second-order valence-electron chi connectivity index (χ2n) is 5.48. The maximum Gasteiger partial charge on any atom is 0.229 e. The summed E-state index contributed by atoms with van der Waals surface area (Å²) in [5.41, 5.74) is 0.751. The van der Waals surface area contributed by atoms with Crippen LogP contribution in [0, 0.1) is 5.92 Å². The lowest BCUT2D eigenvalue weighted by Gasteiger charge is -1.98. The van der Waals surface area contributed by atoms with E-state index in [2.05, 4.69) is 15.3 Å². The number of rotatable bonds is 5. The zero-order chi connectivity index (χ0) is 16.5. The molecule has 3 aromatic rings. The minimum atomic E-state index is -0.244. The van der Waals surface area contributed by atoms with Crippen molar-refractivity contribution in [3.05, 3.63) is 53.4 Å². The van der Waals surface area contributed by atoms with Crippen LogP contribution in [-0.4, -0.2) is 21.7 Å². The molecular formula is C17H13N3O3S. The standard InChI is InChI=1S/C17H13N3O3S/c21-14(11-4-1-2-8-18-11)15-13(12-5-3-9-23-12)19-17(24-15)20-16(22)10-6-7-10/h1-5,8-10H,6-7H2,(H,19,20,22). The van der Waals surface area contributed by atoms with Crippen molar-refractivity contribution in [2.24, 2.45) is 5.92 Å². The molecule has 120 valence electrons. The lowest BCUT2D eigenvalue weighted by atomic mass is 10.1. The molecule has 0 spiro atoms. The van der Waals surface area contributed by atoms with E-state index in [-0.39, 0.29) is 17.6 Å². The summed E-state index contributed by atoms with van der Waals surface area (Å²) in [6.45, 7) is 0. The Hall–Kier alpha value is -2.80. The van der Waals surface area contributed by atoms with E-state index < -0.39 is 0 Å². The second-order valence-corrected chi connectivity index (χ2v) is 6.48. The lowest BCUT2D eigenvalue weighted by Crippen LogP contribution is -2.12. The number of hydrogen-bond donors (Lipinski definition) is 1. The Morgan fingerprint density at radius 1 is 1.21 bits per heavy atom. The van der Waals surface area contributed by atoms with Crippen molar-refractivity contribution in [1.29, 1.82) is 0 Å². The first kappa shape index (κ1) is 14.8. The van der Waals surface area contributed by atoms with Crippen molar-refractivity contribution < 1.29 is 14.0 Å². The topological polar surface area (TPSA) is 85.1 Å². The van der Waals surface area contributed by atoms with Crippen molar-refractivity contribution in [3.63, 3.8) is 0 Å². The fraction of sp³-hybridized carbons (Fsp3) is 0.176. The Morgan fingerprint density at radius 3 is 2.75 bits per heavy atom. The number of aromatic nitrogens is 2. The van der Waals surface area contributed by atoms with Gasteiger partial charge in [-0.1, -0.05) is 17.4 Å². The quantitative estimate of drug-likeness (QED) is 0.720. The first-order chi connectivity index (χ1) is 11.7. The summed E-state index contributed by atoms with van der Waals surface area (Å²) in [4.78, 5) is 33.6. The molecule has 3 heterocycles. The van der Waals surface area contributed by atoms with Gasteiger partial charge in [-0.2, -0.15) is 0 Å². The Kier molecular flexibility index (Phi) is 3.70. The lowest BCUT2D eigenvalue weighted by molar-refractivity contribution is -0.117. The van der Waals surface area contributed by atoms with Crippen molar-refractivity contribution in [3.8, 4) is 11.5 Å². The van der Waals surface area contributed by atoms with Gasteiger partial charge in [-0.25, -0.2) is 4.98 Å². The van der Waals surface area contributed by atoms with Gasteiger partial charge in [0, 0.05) is 12.1 Å². The smallest absolute Gasteiger partial charge is 0.229 e. The molecule has 0 atom stereocenters. The van der Waals surface area contributed by atoms with Crippen LogP contribution < -0.4 is 5.32 Å². The highest BCUT2D eigenvalue weighted by molar-refractivity contribution is 7.18. The second kappa shape index (κ2) is 6.01. The highest BCUT2D eigenvalue weighted by atomic mass is 32.1. The summed E-state index contributed by atoms with van der Waals surface area (Å²) in [7, 11) is 0. The number of carbonyl (C=O) groups is 2. The number of carbonyl (C=O) groups excluding carboxylic acids is 2. The predicted octanol–water partition coefficient (Wildman–Crippen LogP) is 3.38. The number of ketones is 1. The number of anilines is 1. The Bertz CT molecular complexity index is 883. The van der Waals surface area contributed by atoms with Gasteiger partial charge in [0.05, 0.1) is 6.26 Å². The van der Waals surface area contributed by atoms with E-state index in [0.717, 1.165) is 24.2 Å². The molecule has 0 aromatic carbocycles. The van der Waals surface area contributed by atoms with Crippen molar-refractivity contribution in [2.45, 2.75) is 12.8 Å². The van der Waals surface area contributed by atoms with Crippen LogP contribution in [-0.2, 0) is 4.79 Å². The minimum Gasteiger partial charge on any atom is -0.463 e. The summed E-state index contributed by atoms with van der Waals surface area (Å²) in [5.74, 6) is 0.256. The third-order valence-electron chi connectivity index (χ3n) is 3.66. The van der Waals surface area contributed by atoms with E-state index in [0.29, 0.717) is 27.2 Å². The summed E-state index contributed by atoms with van der Waals surface area (Å²) in [6, 6.07) is 8.61. The molecule has 1 N–H and O–H groups in total. The Balaban J connectivity index is 1.72. The van der Waals surface area contributed by atoms with E-state index in [9.17, 15) is 9.59 Å². The molecule has 0 bridgehead atoms. The highest BCUT2D eigenvalue weighted by Gasteiger charge is 2.31. The van der Waals surface area contributed by atoms with Gasteiger partial charge >= 0.3 is 0 Å². The molecule has 24 heavy (non-hydrogen) atoms. The van der Waals surface area contributed by atoms with Crippen molar-refractivity contribution in [2.75, 3.05) is 5.32 Å². The molecule has 1 aliphatic carbocycles. The number of thiazole rings is 1.